The lowest BCUT2D eigenvalue weighted by Crippen LogP contribution is -2.31. The van der Waals surface area contributed by atoms with Gasteiger partial charge in [-0.1, -0.05) is 33.6 Å². The van der Waals surface area contributed by atoms with Gasteiger partial charge in [0, 0.05) is 13.2 Å². The Labute approximate surface area is 83.1 Å². The van der Waals surface area contributed by atoms with Gasteiger partial charge in [0.15, 0.2) is 0 Å². The van der Waals surface area contributed by atoms with Crippen molar-refractivity contribution in [3.63, 3.8) is 0 Å². The molecule has 0 radical (unpaired) electrons. The van der Waals surface area contributed by atoms with Gasteiger partial charge < -0.3 is 10.1 Å². The van der Waals surface area contributed by atoms with Crippen LogP contribution in [0.3, 0.4) is 0 Å². The van der Waals surface area contributed by atoms with E-state index < -0.39 is 0 Å². The van der Waals surface area contributed by atoms with Gasteiger partial charge in [0.2, 0.25) is 0 Å². The van der Waals surface area contributed by atoms with E-state index in [-0.39, 0.29) is 0 Å². The molecule has 0 aliphatic carbocycles. The molecule has 0 fully saturated rings. The van der Waals surface area contributed by atoms with Gasteiger partial charge in [-0.2, -0.15) is 0 Å². The molecule has 0 aromatic carbocycles. The molecule has 1 N–H and O–H groups in total. The number of rotatable bonds is 8. The third-order valence-corrected chi connectivity index (χ3v) is 2.23. The average Bonchev–Trinajstić information content (AvgIpc) is 2.10. The molecule has 80 valence electrons. The van der Waals surface area contributed by atoms with Crippen LogP contribution in [0, 0.1) is 5.92 Å². The van der Waals surface area contributed by atoms with Crippen molar-refractivity contribution < 1.29 is 4.74 Å². The van der Waals surface area contributed by atoms with Gasteiger partial charge in [0.25, 0.3) is 0 Å². The highest BCUT2D eigenvalue weighted by atomic mass is 16.5. The molecule has 0 amide bonds. The van der Waals surface area contributed by atoms with Crippen molar-refractivity contribution in [1.29, 1.82) is 0 Å². The summed E-state index contributed by atoms with van der Waals surface area (Å²) in [5, 5.41) is 3.17. The Morgan fingerprint density at radius 3 is 2.38 bits per heavy atom. The van der Waals surface area contributed by atoms with Crippen LogP contribution < -0.4 is 5.32 Å². The first-order chi connectivity index (χ1) is 6.22. The Morgan fingerprint density at radius 2 is 1.92 bits per heavy atom. The molecular weight excluding hydrogens is 162 g/mol. The maximum Gasteiger partial charge on any atom is 0.0722 e. The van der Waals surface area contributed by atoms with Crippen molar-refractivity contribution in [2.75, 3.05) is 20.2 Å². The third-order valence-electron chi connectivity index (χ3n) is 2.23. The Balaban J connectivity index is 3.45. The van der Waals surface area contributed by atoms with Crippen LogP contribution in [0.25, 0.3) is 0 Å². The quantitative estimate of drug-likeness (QED) is 0.589. The van der Waals surface area contributed by atoms with E-state index in [9.17, 15) is 0 Å². The Morgan fingerprint density at radius 1 is 1.23 bits per heavy atom. The standard InChI is InChI=1S/C11H25NO/c1-5-6-7-8-13-11(9-12-4)10(2)3/h10-12H,5-9H2,1-4H3. The lowest BCUT2D eigenvalue weighted by atomic mass is 10.1. The van der Waals surface area contributed by atoms with Crippen LogP contribution in [0.1, 0.15) is 40.0 Å². The van der Waals surface area contributed by atoms with Gasteiger partial charge in [-0.15, -0.1) is 0 Å². The lowest BCUT2D eigenvalue weighted by Gasteiger charge is -2.21. The Hall–Kier alpha value is -0.0800. The van der Waals surface area contributed by atoms with Crippen molar-refractivity contribution in [3.05, 3.63) is 0 Å². The summed E-state index contributed by atoms with van der Waals surface area (Å²) in [6.45, 7) is 8.51. The number of hydrogen-bond acceptors (Lipinski definition) is 2. The van der Waals surface area contributed by atoms with Crippen LogP contribution in [0.4, 0.5) is 0 Å². The van der Waals surface area contributed by atoms with E-state index in [1.807, 2.05) is 7.05 Å². The molecule has 2 nitrogen and oxygen atoms in total. The zero-order valence-electron chi connectivity index (χ0n) is 9.60. The first kappa shape index (κ1) is 12.9. The highest BCUT2D eigenvalue weighted by molar-refractivity contribution is 4.64. The molecular formula is C11H25NO. The molecule has 0 aromatic rings. The number of hydrogen-bond donors (Lipinski definition) is 1. The van der Waals surface area contributed by atoms with Crippen LogP contribution in [0.5, 0.6) is 0 Å². The van der Waals surface area contributed by atoms with Crippen LogP contribution >= 0.6 is 0 Å². The van der Waals surface area contributed by atoms with Gasteiger partial charge in [-0.05, 0) is 19.4 Å². The van der Waals surface area contributed by atoms with Crippen molar-refractivity contribution in [3.8, 4) is 0 Å². The summed E-state index contributed by atoms with van der Waals surface area (Å²) in [5.74, 6) is 0.606. The fraction of sp³-hybridized carbons (Fsp3) is 1.00. The Bertz CT molecular complexity index is 104. The maximum absolute atomic E-state index is 5.78. The normalized spacial score (nSPS) is 13.6. The summed E-state index contributed by atoms with van der Waals surface area (Å²) in [6, 6.07) is 0. The van der Waals surface area contributed by atoms with Gasteiger partial charge in [-0.25, -0.2) is 0 Å². The number of nitrogens with one attached hydrogen (secondary N) is 1. The number of ether oxygens (including phenoxy) is 1. The van der Waals surface area contributed by atoms with E-state index in [2.05, 4.69) is 26.1 Å². The van der Waals surface area contributed by atoms with Crippen LogP contribution in [-0.2, 0) is 4.74 Å². The van der Waals surface area contributed by atoms with Gasteiger partial charge >= 0.3 is 0 Å². The smallest absolute Gasteiger partial charge is 0.0722 e. The van der Waals surface area contributed by atoms with Crippen molar-refractivity contribution in [1.82, 2.24) is 5.32 Å². The minimum Gasteiger partial charge on any atom is -0.377 e. The molecule has 0 saturated heterocycles. The lowest BCUT2D eigenvalue weighted by molar-refractivity contribution is 0.0221. The second-order valence-corrected chi connectivity index (χ2v) is 3.92. The van der Waals surface area contributed by atoms with E-state index in [1.54, 1.807) is 0 Å². The van der Waals surface area contributed by atoms with E-state index in [0.717, 1.165) is 13.2 Å². The molecule has 1 atom stereocenters. The molecule has 0 aliphatic rings. The van der Waals surface area contributed by atoms with Gasteiger partial charge in [0.1, 0.15) is 0 Å². The van der Waals surface area contributed by atoms with Crippen LogP contribution in [0.2, 0.25) is 0 Å². The van der Waals surface area contributed by atoms with E-state index in [0.29, 0.717) is 12.0 Å². The molecule has 0 spiro atoms. The van der Waals surface area contributed by atoms with Crippen molar-refractivity contribution >= 4 is 0 Å². The molecule has 0 heterocycles. The molecule has 0 bridgehead atoms. The summed E-state index contributed by atoms with van der Waals surface area (Å²) < 4.78 is 5.78. The second kappa shape index (κ2) is 8.52. The first-order valence-electron chi connectivity index (χ1n) is 5.48. The Kier molecular flexibility index (Phi) is 8.46. The monoisotopic (exact) mass is 187 g/mol. The predicted molar refractivity (Wildman–Crippen MR) is 58.0 cm³/mol. The fourth-order valence-corrected chi connectivity index (χ4v) is 1.28. The SMILES string of the molecule is CCCCCOC(CNC)C(C)C. The number of unbranched alkanes of at least 4 members (excludes halogenated alkanes) is 2. The van der Waals surface area contributed by atoms with Crippen LogP contribution in [0.15, 0.2) is 0 Å². The number of likely N-dealkylation sites (N-methyl/N-ethyl adjacent to an activating group) is 1. The first-order valence-corrected chi connectivity index (χ1v) is 5.48. The fourth-order valence-electron chi connectivity index (χ4n) is 1.28. The second-order valence-electron chi connectivity index (χ2n) is 3.92. The summed E-state index contributed by atoms with van der Waals surface area (Å²) in [4.78, 5) is 0. The van der Waals surface area contributed by atoms with E-state index in [1.165, 1.54) is 19.3 Å². The highest BCUT2D eigenvalue weighted by Gasteiger charge is 2.11. The van der Waals surface area contributed by atoms with Gasteiger partial charge in [0.05, 0.1) is 6.10 Å². The molecule has 0 rings (SSSR count). The topological polar surface area (TPSA) is 21.3 Å². The van der Waals surface area contributed by atoms with Gasteiger partial charge in [-0.3, -0.25) is 0 Å². The molecule has 0 aromatic heterocycles. The van der Waals surface area contributed by atoms with Crippen molar-refractivity contribution in [2.45, 2.75) is 46.1 Å². The third kappa shape index (κ3) is 7.03. The molecule has 0 saturated carbocycles. The van der Waals surface area contributed by atoms with E-state index in [4.69, 9.17) is 4.74 Å². The summed E-state index contributed by atoms with van der Waals surface area (Å²) in [7, 11) is 1.98. The minimum absolute atomic E-state index is 0.377. The zero-order chi connectivity index (χ0) is 10.1. The minimum atomic E-state index is 0.377. The largest absolute Gasteiger partial charge is 0.377 e. The molecule has 0 aliphatic heterocycles. The molecule has 1 unspecified atom stereocenters. The maximum atomic E-state index is 5.78. The predicted octanol–water partition coefficient (Wildman–Crippen LogP) is 2.44. The summed E-state index contributed by atoms with van der Waals surface area (Å²) in [5.41, 5.74) is 0. The van der Waals surface area contributed by atoms with Crippen molar-refractivity contribution in [2.24, 2.45) is 5.92 Å². The summed E-state index contributed by atoms with van der Waals surface area (Å²) >= 11 is 0. The molecule has 2 heteroatoms. The average molecular weight is 187 g/mol. The van der Waals surface area contributed by atoms with E-state index >= 15 is 0 Å². The van der Waals surface area contributed by atoms with Crippen LogP contribution in [-0.4, -0.2) is 26.3 Å². The summed E-state index contributed by atoms with van der Waals surface area (Å²) in [6.07, 6.45) is 4.12. The highest BCUT2D eigenvalue weighted by Crippen LogP contribution is 2.06. The zero-order valence-corrected chi connectivity index (χ0v) is 9.60. The molecule has 13 heavy (non-hydrogen) atoms.